The molecule has 0 aromatic carbocycles. The van der Waals surface area contributed by atoms with Crippen molar-refractivity contribution >= 4 is 5.96 Å². The summed E-state index contributed by atoms with van der Waals surface area (Å²) in [5.41, 5.74) is 5.94. The molecule has 1 heterocycles. The second kappa shape index (κ2) is 7.99. The number of morpholine rings is 1. The Morgan fingerprint density at radius 3 is 2.43 bits per heavy atom. The van der Waals surface area contributed by atoms with E-state index in [2.05, 4.69) is 56.8 Å². The van der Waals surface area contributed by atoms with E-state index in [4.69, 9.17) is 10.5 Å². The summed E-state index contributed by atoms with van der Waals surface area (Å²) in [6, 6.07) is 0. The molecular formula is C16H34N4O. The van der Waals surface area contributed by atoms with Crippen molar-refractivity contribution in [1.82, 2.24) is 10.2 Å². The van der Waals surface area contributed by atoms with E-state index in [9.17, 15) is 0 Å². The van der Waals surface area contributed by atoms with Gasteiger partial charge in [0.2, 0.25) is 0 Å². The highest BCUT2D eigenvalue weighted by molar-refractivity contribution is 5.77. The van der Waals surface area contributed by atoms with Crippen LogP contribution in [0.4, 0.5) is 0 Å². The molecule has 1 rings (SSSR count). The number of hydrogen-bond acceptors (Lipinski definition) is 3. The predicted molar refractivity (Wildman–Crippen MR) is 89.6 cm³/mol. The van der Waals surface area contributed by atoms with Crippen molar-refractivity contribution in [3.63, 3.8) is 0 Å². The van der Waals surface area contributed by atoms with Gasteiger partial charge < -0.3 is 15.8 Å². The molecule has 2 unspecified atom stereocenters. The Hall–Kier alpha value is -0.810. The monoisotopic (exact) mass is 298 g/mol. The van der Waals surface area contributed by atoms with Crippen LogP contribution in [0, 0.1) is 5.92 Å². The van der Waals surface area contributed by atoms with Gasteiger partial charge in [0.15, 0.2) is 5.96 Å². The summed E-state index contributed by atoms with van der Waals surface area (Å²) < 4.78 is 5.80. The summed E-state index contributed by atoms with van der Waals surface area (Å²) in [7, 11) is 0. The average Bonchev–Trinajstić information content (AvgIpc) is 2.35. The number of aliphatic imine (C=N–C) groups is 1. The van der Waals surface area contributed by atoms with E-state index in [1.54, 1.807) is 0 Å². The Bertz CT molecular complexity index is 331. The number of nitrogens with zero attached hydrogens (tertiary/aromatic N) is 2. The van der Waals surface area contributed by atoms with E-state index in [0.29, 0.717) is 18.4 Å². The highest BCUT2D eigenvalue weighted by Gasteiger charge is 2.32. The zero-order valence-electron chi connectivity index (χ0n) is 14.6. The quantitative estimate of drug-likeness (QED) is 0.580. The van der Waals surface area contributed by atoms with Gasteiger partial charge in [-0.25, -0.2) is 0 Å². The van der Waals surface area contributed by atoms with E-state index in [0.717, 1.165) is 26.1 Å². The van der Waals surface area contributed by atoms with Gasteiger partial charge in [-0.3, -0.25) is 9.89 Å². The molecule has 0 radical (unpaired) electrons. The molecule has 1 aliphatic heterocycles. The number of ether oxygens (including phenoxy) is 1. The minimum atomic E-state index is -0.00333. The Kier molecular flexibility index (Phi) is 6.94. The summed E-state index contributed by atoms with van der Waals surface area (Å²) in [6.45, 7) is 16.6. The number of nitrogens with two attached hydrogens (primary N) is 1. The van der Waals surface area contributed by atoms with Crippen LogP contribution in [-0.4, -0.2) is 54.8 Å². The van der Waals surface area contributed by atoms with Crippen LogP contribution in [0.3, 0.4) is 0 Å². The van der Waals surface area contributed by atoms with Crippen molar-refractivity contribution in [3.05, 3.63) is 0 Å². The van der Waals surface area contributed by atoms with Gasteiger partial charge in [0, 0.05) is 25.2 Å². The Labute approximate surface area is 130 Å². The molecule has 0 aliphatic carbocycles. The maximum Gasteiger partial charge on any atom is 0.188 e. The number of rotatable bonds is 6. The molecule has 3 N–H and O–H groups in total. The molecule has 21 heavy (non-hydrogen) atoms. The van der Waals surface area contributed by atoms with Gasteiger partial charge in [-0.15, -0.1) is 0 Å². The van der Waals surface area contributed by atoms with Crippen molar-refractivity contribution in [2.24, 2.45) is 16.6 Å². The average molecular weight is 298 g/mol. The topological polar surface area (TPSA) is 62.9 Å². The van der Waals surface area contributed by atoms with E-state index >= 15 is 0 Å². The molecule has 0 aromatic heterocycles. The van der Waals surface area contributed by atoms with Crippen LogP contribution in [-0.2, 0) is 4.74 Å². The summed E-state index contributed by atoms with van der Waals surface area (Å²) in [4.78, 5) is 6.97. The third-order valence-electron chi connectivity index (χ3n) is 3.94. The zero-order chi connectivity index (χ0) is 16.0. The molecule has 5 heteroatoms. The standard InChI is InChI=1S/C16H34N4O/c1-12(2)7-8-18-15(17)19-11-16(5,6)20-9-13(3)21-14(4)10-20/h12-14H,7-11H2,1-6H3,(H3,17,18,19). The Balaban J connectivity index is 2.47. The van der Waals surface area contributed by atoms with Crippen molar-refractivity contribution < 1.29 is 4.74 Å². The lowest BCUT2D eigenvalue weighted by molar-refractivity contribution is -0.0939. The maximum absolute atomic E-state index is 5.95. The van der Waals surface area contributed by atoms with Crippen molar-refractivity contribution in [1.29, 1.82) is 0 Å². The van der Waals surface area contributed by atoms with E-state index < -0.39 is 0 Å². The van der Waals surface area contributed by atoms with Crippen LogP contribution < -0.4 is 11.1 Å². The summed E-state index contributed by atoms with van der Waals surface area (Å²) in [6.07, 6.45) is 1.66. The van der Waals surface area contributed by atoms with Gasteiger partial charge in [0.05, 0.1) is 18.8 Å². The molecule has 0 saturated carbocycles. The van der Waals surface area contributed by atoms with Gasteiger partial charge in [0.1, 0.15) is 0 Å². The van der Waals surface area contributed by atoms with Crippen molar-refractivity contribution in [2.75, 3.05) is 26.2 Å². The fraction of sp³-hybridized carbons (Fsp3) is 0.938. The van der Waals surface area contributed by atoms with Crippen LogP contribution in [0.1, 0.15) is 48.0 Å². The van der Waals surface area contributed by atoms with Crippen LogP contribution >= 0.6 is 0 Å². The largest absolute Gasteiger partial charge is 0.373 e. The molecule has 0 spiro atoms. The first-order chi connectivity index (χ1) is 9.70. The normalized spacial score (nSPS) is 25.4. The van der Waals surface area contributed by atoms with Crippen LogP contribution in [0.15, 0.2) is 4.99 Å². The van der Waals surface area contributed by atoms with E-state index in [1.165, 1.54) is 0 Å². The molecule has 5 nitrogen and oxygen atoms in total. The number of nitrogens with one attached hydrogen (secondary N) is 1. The maximum atomic E-state index is 5.95. The van der Waals surface area contributed by atoms with E-state index in [1.807, 2.05) is 0 Å². The van der Waals surface area contributed by atoms with Crippen LogP contribution in [0.5, 0.6) is 0 Å². The van der Waals surface area contributed by atoms with Crippen molar-refractivity contribution in [3.8, 4) is 0 Å². The lowest BCUT2D eigenvalue weighted by atomic mass is 10.0. The zero-order valence-corrected chi connectivity index (χ0v) is 14.6. The molecule has 1 aliphatic rings. The fourth-order valence-electron chi connectivity index (χ4n) is 2.60. The summed E-state index contributed by atoms with van der Waals surface area (Å²) in [5.74, 6) is 1.23. The van der Waals surface area contributed by atoms with Crippen LogP contribution in [0.2, 0.25) is 0 Å². The first-order valence-electron chi connectivity index (χ1n) is 8.15. The van der Waals surface area contributed by atoms with Crippen molar-refractivity contribution in [2.45, 2.75) is 65.7 Å². The van der Waals surface area contributed by atoms with Crippen LogP contribution in [0.25, 0.3) is 0 Å². The molecule has 1 saturated heterocycles. The highest BCUT2D eigenvalue weighted by Crippen LogP contribution is 2.21. The molecule has 1 fully saturated rings. The SMILES string of the molecule is CC(C)CCNC(N)=NCC(C)(C)N1CC(C)OC(C)C1. The smallest absolute Gasteiger partial charge is 0.188 e. The predicted octanol–water partition coefficient (Wildman–Crippen LogP) is 1.82. The van der Waals surface area contributed by atoms with Gasteiger partial charge in [-0.2, -0.15) is 0 Å². The number of hydrogen-bond donors (Lipinski definition) is 2. The first-order valence-corrected chi connectivity index (χ1v) is 8.15. The molecule has 2 atom stereocenters. The Morgan fingerprint density at radius 2 is 1.90 bits per heavy atom. The summed E-state index contributed by atoms with van der Waals surface area (Å²) >= 11 is 0. The molecule has 0 bridgehead atoms. The second-order valence-electron chi connectivity index (χ2n) is 7.29. The van der Waals surface area contributed by atoms with Gasteiger partial charge >= 0.3 is 0 Å². The molecule has 0 aromatic rings. The minimum Gasteiger partial charge on any atom is -0.373 e. The number of guanidine groups is 1. The molecular weight excluding hydrogens is 264 g/mol. The molecule has 0 amide bonds. The second-order valence-corrected chi connectivity index (χ2v) is 7.29. The van der Waals surface area contributed by atoms with Gasteiger partial charge in [-0.05, 0) is 40.0 Å². The third-order valence-corrected chi connectivity index (χ3v) is 3.94. The lowest BCUT2D eigenvalue weighted by Crippen LogP contribution is -2.56. The third kappa shape index (κ3) is 6.66. The highest BCUT2D eigenvalue weighted by atomic mass is 16.5. The minimum absolute atomic E-state index is 0.00333. The van der Waals surface area contributed by atoms with E-state index in [-0.39, 0.29) is 17.7 Å². The van der Waals surface area contributed by atoms with Gasteiger partial charge in [-0.1, -0.05) is 13.8 Å². The first kappa shape index (κ1) is 18.2. The molecule has 124 valence electrons. The fourth-order valence-corrected chi connectivity index (χ4v) is 2.60. The van der Waals surface area contributed by atoms with Gasteiger partial charge in [0.25, 0.3) is 0 Å². The summed E-state index contributed by atoms with van der Waals surface area (Å²) in [5, 5.41) is 3.19. The Morgan fingerprint density at radius 1 is 1.33 bits per heavy atom. The lowest BCUT2D eigenvalue weighted by Gasteiger charge is -2.44.